The van der Waals surface area contributed by atoms with E-state index in [0.29, 0.717) is 18.1 Å². The Labute approximate surface area is 182 Å². The molecule has 0 N–H and O–H groups in total. The number of hydrogen-bond donors (Lipinski definition) is 0. The molecular formula is C22H18N6O2S. The molecule has 0 saturated heterocycles. The minimum Gasteiger partial charge on any atom is -0.424 e. The first-order chi connectivity index (χ1) is 15.0. The molecular weight excluding hydrogens is 412 g/mol. The second-order valence-corrected chi connectivity index (χ2v) is 9.04. The van der Waals surface area contributed by atoms with Gasteiger partial charge in [0, 0.05) is 24.4 Å². The summed E-state index contributed by atoms with van der Waals surface area (Å²) in [6.07, 6.45) is 5.90. The Hall–Kier alpha value is -3.51. The molecule has 1 aromatic carbocycles. The Morgan fingerprint density at radius 3 is 2.74 bits per heavy atom. The van der Waals surface area contributed by atoms with E-state index in [4.69, 9.17) is 9.68 Å². The van der Waals surface area contributed by atoms with Crippen LogP contribution in [0.1, 0.15) is 41.6 Å². The number of ketones is 1. The van der Waals surface area contributed by atoms with Crippen LogP contribution < -0.4 is 0 Å². The van der Waals surface area contributed by atoms with Crippen LogP contribution in [0.15, 0.2) is 35.0 Å². The summed E-state index contributed by atoms with van der Waals surface area (Å²) in [6, 6.07) is 8.18. The van der Waals surface area contributed by atoms with Crippen molar-refractivity contribution < 1.29 is 9.21 Å². The van der Waals surface area contributed by atoms with Gasteiger partial charge in [0.25, 0.3) is 0 Å². The van der Waals surface area contributed by atoms with Crippen LogP contribution in [0, 0.1) is 23.7 Å². The fourth-order valence-corrected chi connectivity index (χ4v) is 4.37. The number of nitrogens with zero attached hydrogens (tertiary/aromatic N) is 6. The molecule has 0 bridgehead atoms. The van der Waals surface area contributed by atoms with Gasteiger partial charge < -0.3 is 4.42 Å². The molecule has 1 fully saturated rings. The van der Waals surface area contributed by atoms with Crippen molar-refractivity contribution >= 4 is 27.3 Å². The van der Waals surface area contributed by atoms with Gasteiger partial charge in [-0.1, -0.05) is 0 Å². The number of Topliss-reactive ketones (excluding diaryl/α,β-unsaturated/α-hetero) is 1. The smallest absolute Gasteiger partial charge is 0.223 e. The largest absolute Gasteiger partial charge is 0.424 e. The fraction of sp³-hybridized carbons (Fsp3) is 0.318. The quantitative estimate of drug-likeness (QED) is 0.434. The van der Waals surface area contributed by atoms with Gasteiger partial charge in [-0.3, -0.25) is 4.79 Å². The Bertz CT molecular complexity index is 1310. The van der Waals surface area contributed by atoms with Crippen molar-refractivity contribution in [1.29, 1.82) is 5.26 Å². The Kier molecular flexibility index (Phi) is 4.79. The highest BCUT2D eigenvalue weighted by molar-refractivity contribution is 7.18. The van der Waals surface area contributed by atoms with Crippen LogP contribution >= 0.6 is 11.3 Å². The Balaban J connectivity index is 1.28. The average Bonchev–Trinajstić information content (AvgIpc) is 3.20. The summed E-state index contributed by atoms with van der Waals surface area (Å²) in [6.45, 7) is 1.96. The van der Waals surface area contributed by atoms with Gasteiger partial charge >= 0.3 is 0 Å². The molecule has 9 heteroatoms. The third-order valence-corrected chi connectivity index (χ3v) is 6.28. The van der Waals surface area contributed by atoms with Crippen LogP contribution in [0.5, 0.6) is 0 Å². The van der Waals surface area contributed by atoms with Crippen molar-refractivity contribution in [3.05, 3.63) is 52.9 Å². The molecule has 1 aliphatic rings. The van der Waals surface area contributed by atoms with E-state index in [1.165, 1.54) is 0 Å². The maximum atomic E-state index is 12.2. The summed E-state index contributed by atoms with van der Waals surface area (Å²) in [4.78, 5) is 25.6. The molecule has 1 aliphatic carbocycles. The summed E-state index contributed by atoms with van der Waals surface area (Å²) in [7, 11) is 0. The van der Waals surface area contributed by atoms with E-state index in [1.54, 1.807) is 23.7 Å². The molecule has 4 aromatic rings. The number of benzene rings is 1. The van der Waals surface area contributed by atoms with Crippen molar-refractivity contribution in [1.82, 2.24) is 25.1 Å². The SMILES string of the molecule is Cc1cnc(-c2ccc3nc(Cc4nnc(CC(=O)CC5(C#N)CC5)o4)sc3c2)nc1. The van der Waals surface area contributed by atoms with Gasteiger partial charge in [-0.15, -0.1) is 21.5 Å². The number of thiazole rings is 1. The van der Waals surface area contributed by atoms with Crippen LogP contribution in [0.4, 0.5) is 0 Å². The number of nitriles is 1. The lowest BCUT2D eigenvalue weighted by Crippen LogP contribution is -2.10. The molecule has 0 aliphatic heterocycles. The highest BCUT2D eigenvalue weighted by Crippen LogP contribution is 2.48. The molecule has 0 atom stereocenters. The molecule has 3 heterocycles. The third kappa shape index (κ3) is 4.20. The van der Waals surface area contributed by atoms with E-state index in [2.05, 4.69) is 31.2 Å². The number of rotatable bonds is 7. The zero-order valence-corrected chi connectivity index (χ0v) is 17.6. The van der Waals surface area contributed by atoms with Crippen molar-refractivity contribution in [2.24, 2.45) is 5.41 Å². The molecule has 5 rings (SSSR count). The van der Waals surface area contributed by atoms with Crippen LogP contribution in [0.25, 0.3) is 21.6 Å². The number of carbonyl (C=O) groups is 1. The van der Waals surface area contributed by atoms with Gasteiger partial charge in [0.15, 0.2) is 5.82 Å². The summed E-state index contributed by atoms with van der Waals surface area (Å²) in [5, 5.41) is 18.0. The lowest BCUT2D eigenvalue weighted by molar-refractivity contribution is -0.119. The highest BCUT2D eigenvalue weighted by atomic mass is 32.1. The first kappa shape index (κ1) is 19.5. The van der Waals surface area contributed by atoms with E-state index in [0.717, 1.165) is 39.2 Å². The summed E-state index contributed by atoms with van der Waals surface area (Å²) >= 11 is 1.55. The van der Waals surface area contributed by atoms with E-state index in [-0.39, 0.29) is 24.5 Å². The topological polar surface area (TPSA) is 118 Å². The van der Waals surface area contributed by atoms with Crippen molar-refractivity contribution in [3.63, 3.8) is 0 Å². The molecule has 0 amide bonds. The molecule has 0 radical (unpaired) electrons. The summed E-state index contributed by atoms with van der Waals surface area (Å²) in [5.41, 5.74) is 2.38. The fourth-order valence-electron chi connectivity index (χ4n) is 3.38. The Morgan fingerprint density at radius 2 is 2.00 bits per heavy atom. The van der Waals surface area contributed by atoms with E-state index >= 15 is 0 Å². The zero-order valence-electron chi connectivity index (χ0n) is 16.8. The maximum Gasteiger partial charge on any atom is 0.223 e. The van der Waals surface area contributed by atoms with Crippen LogP contribution in [0.3, 0.4) is 0 Å². The monoisotopic (exact) mass is 430 g/mol. The van der Waals surface area contributed by atoms with Crippen molar-refractivity contribution in [3.8, 4) is 17.5 Å². The summed E-state index contributed by atoms with van der Waals surface area (Å²) in [5.74, 6) is 1.34. The highest BCUT2D eigenvalue weighted by Gasteiger charge is 2.44. The van der Waals surface area contributed by atoms with Gasteiger partial charge in [0.1, 0.15) is 10.8 Å². The van der Waals surface area contributed by atoms with Gasteiger partial charge in [0.2, 0.25) is 11.8 Å². The summed E-state index contributed by atoms with van der Waals surface area (Å²) < 4.78 is 6.67. The van der Waals surface area contributed by atoms with E-state index in [1.807, 2.05) is 25.1 Å². The number of hydrogen-bond acceptors (Lipinski definition) is 9. The number of carbonyl (C=O) groups excluding carboxylic acids is 1. The third-order valence-electron chi connectivity index (χ3n) is 5.26. The molecule has 8 nitrogen and oxygen atoms in total. The van der Waals surface area contributed by atoms with E-state index in [9.17, 15) is 4.79 Å². The van der Waals surface area contributed by atoms with Gasteiger partial charge in [0.05, 0.1) is 34.5 Å². The van der Waals surface area contributed by atoms with Crippen LogP contribution in [0.2, 0.25) is 0 Å². The molecule has 0 unspecified atom stereocenters. The molecule has 31 heavy (non-hydrogen) atoms. The molecule has 154 valence electrons. The standard InChI is InChI=1S/C22H18N6O2S/c1-13-10-24-21(25-11-13)14-2-3-16-17(6-14)31-20(26-16)8-19-28-27-18(30-19)7-15(29)9-22(12-23)4-5-22/h2-3,6,10-11H,4-5,7-9H2,1H3. The minimum absolute atomic E-state index is 0.0416. The van der Waals surface area contributed by atoms with Gasteiger partial charge in [-0.25, -0.2) is 15.0 Å². The number of aromatic nitrogens is 5. The predicted molar refractivity (Wildman–Crippen MR) is 113 cm³/mol. The second kappa shape index (κ2) is 7.63. The number of fused-ring (bicyclic) bond motifs is 1. The minimum atomic E-state index is -0.455. The first-order valence-electron chi connectivity index (χ1n) is 9.95. The predicted octanol–water partition coefficient (Wildman–Crippen LogP) is 3.84. The lowest BCUT2D eigenvalue weighted by Gasteiger charge is -2.01. The van der Waals surface area contributed by atoms with Gasteiger partial charge in [-0.2, -0.15) is 5.26 Å². The first-order valence-corrected chi connectivity index (χ1v) is 10.8. The van der Waals surface area contributed by atoms with Crippen molar-refractivity contribution in [2.75, 3.05) is 0 Å². The van der Waals surface area contributed by atoms with E-state index < -0.39 is 5.41 Å². The molecule has 1 saturated carbocycles. The second-order valence-electron chi connectivity index (χ2n) is 7.92. The molecule has 0 spiro atoms. The lowest BCUT2D eigenvalue weighted by atomic mass is 10.00. The van der Waals surface area contributed by atoms with Crippen LogP contribution in [-0.2, 0) is 17.6 Å². The van der Waals surface area contributed by atoms with Crippen molar-refractivity contribution in [2.45, 2.75) is 39.0 Å². The maximum absolute atomic E-state index is 12.2. The normalized spacial score (nSPS) is 14.5. The zero-order chi connectivity index (χ0) is 21.4. The average molecular weight is 430 g/mol. The molecule has 3 aromatic heterocycles. The Morgan fingerprint density at radius 1 is 1.23 bits per heavy atom. The van der Waals surface area contributed by atoms with Gasteiger partial charge in [-0.05, 0) is 43.5 Å². The van der Waals surface area contributed by atoms with Crippen LogP contribution in [-0.4, -0.2) is 30.9 Å². The number of aryl methyl sites for hydroxylation is 1.